The fraction of sp³-hybridized carbons (Fsp3) is 0.238. The Morgan fingerprint density at radius 1 is 1.20 bits per heavy atom. The van der Waals surface area contributed by atoms with Gasteiger partial charge in [-0.1, -0.05) is 42.5 Å². The number of aryl methyl sites for hydroxylation is 2. The molecule has 0 aromatic heterocycles. The molecule has 0 aliphatic carbocycles. The minimum Gasteiger partial charge on any atom is -0.497 e. The summed E-state index contributed by atoms with van der Waals surface area (Å²) < 4.78 is 5.20. The van der Waals surface area contributed by atoms with Crippen molar-refractivity contribution in [2.45, 2.75) is 26.2 Å². The van der Waals surface area contributed by atoms with Crippen molar-refractivity contribution in [3.8, 4) is 5.75 Å². The van der Waals surface area contributed by atoms with Crippen LogP contribution in [0.2, 0.25) is 0 Å². The standard InChI is InChI=1S/C21H24N2O2/c1-17-16-20(25-2)14-13-19(17)11-6-12-21(24)23-22-15-7-10-18-8-4-3-5-9-18/h3-5,7-10,13-16H,6,11-12H2,1-2H3,(H,23,24)/b10-7+,22-15-. The number of hydrazone groups is 1. The maximum absolute atomic E-state index is 11.8. The second-order valence-corrected chi connectivity index (χ2v) is 5.73. The molecule has 0 unspecified atom stereocenters. The summed E-state index contributed by atoms with van der Waals surface area (Å²) in [6.07, 6.45) is 7.41. The van der Waals surface area contributed by atoms with Crippen molar-refractivity contribution in [2.75, 3.05) is 7.11 Å². The molecule has 0 atom stereocenters. The van der Waals surface area contributed by atoms with E-state index in [-0.39, 0.29) is 5.91 Å². The van der Waals surface area contributed by atoms with Gasteiger partial charge in [-0.25, -0.2) is 5.43 Å². The zero-order valence-electron chi connectivity index (χ0n) is 14.7. The van der Waals surface area contributed by atoms with Crippen LogP contribution in [0.5, 0.6) is 5.75 Å². The molecule has 4 heteroatoms. The van der Waals surface area contributed by atoms with Crippen LogP contribution < -0.4 is 10.2 Å². The molecule has 2 aromatic carbocycles. The van der Waals surface area contributed by atoms with E-state index in [0.717, 1.165) is 24.2 Å². The molecule has 25 heavy (non-hydrogen) atoms. The van der Waals surface area contributed by atoms with Gasteiger partial charge < -0.3 is 4.74 Å². The molecule has 0 aliphatic heterocycles. The lowest BCUT2D eigenvalue weighted by Crippen LogP contribution is -2.16. The molecule has 2 rings (SSSR count). The number of nitrogens with zero attached hydrogens (tertiary/aromatic N) is 1. The Hall–Kier alpha value is -2.88. The lowest BCUT2D eigenvalue weighted by atomic mass is 10.0. The van der Waals surface area contributed by atoms with Crippen molar-refractivity contribution in [3.63, 3.8) is 0 Å². The third-order valence-electron chi connectivity index (χ3n) is 3.84. The average molecular weight is 336 g/mol. The lowest BCUT2D eigenvalue weighted by molar-refractivity contribution is -0.121. The van der Waals surface area contributed by atoms with Crippen LogP contribution in [-0.4, -0.2) is 19.2 Å². The van der Waals surface area contributed by atoms with E-state index < -0.39 is 0 Å². The molecular weight excluding hydrogens is 312 g/mol. The normalized spacial score (nSPS) is 11.1. The number of amides is 1. The van der Waals surface area contributed by atoms with Crippen LogP contribution in [0.15, 0.2) is 59.7 Å². The highest BCUT2D eigenvalue weighted by molar-refractivity contribution is 5.81. The van der Waals surface area contributed by atoms with Gasteiger partial charge in [-0.3, -0.25) is 4.79 Å². The number of allylic oxidation sites excluding steroid dienone is 1. The van der Waals surface area contributed by atoms with Gasteiger partial charge in [-0.15, -0.1) is 0 Å². The summed E-state index contributed by atoms with van der Waals surface area (Å²) in [6.45, 7) is 2.06. The predicted molar refractivity (Wildman–Crippen MR) is 103 cm³/mol. The van der Waals surface area contributed by atoms with Crippen LogP contribution in [0.1, 0.15) is 29.5 Å². The van der Waals surface area contributed by atoms with Gasteiger partial charge in [-0.2, -0.15) is 5.10 Å². The molecule has 0 spiro atoms. The maximum atomic E-state index is 11.8. The number of ether oxygens (including phenoxy) is 1. The molecule has 0 saturated carbocycles. The van der Waals surface area contributed by atoms with Crippen molar-refractivity contribution < 1.29 is 9.53 Å². The van der Waals surface area contributed by atoms with Crippen molar-refractivity contribution in [2.24, 2.45) is 5.10 Å². The summed E-state index contributed by atoms with van der Waals surface area (Å²) in [5, 5.41) is 3.92. The lowest BCUT2D eigenvalue weighted by Gasteiger charge is -2.07. The number of hydrogen-bond donors (Lipinski definition) is 1. The summed E-state index contributed by atoms with van der Waals surface area (Å²) >= 11 is 0. The van der Waals surface area contributed by atoms with Gasteiger partial charge in [0, 0.05) is 12.6 Å². The Morgan fingerprint density at radius 2 is 2.00 bits per heavy atom. The Balaban J connectivity index is 1.69. The first-order valence-corrected chi connectivity index (χ1v) is 8.36. The Bertz CT molecular complexity index is 737. The number of nitrogens with one attached hydrogen (secondary N) is 1. The first-order valence-electron chi connectivity index (χ1n) is 8.36. The molecule has 0 heterocycles. The molecule has 1 amide bonds. The first-order chi connectivity index (χ1) is 12.2. The summed E-state index contributed by atoms with van der Waals surface area (Å²) in [4.78, 5) is 11.8. The zero-order chi connectivity index (χ0) is 17.9. The zero-order valence-corrected chi connectivity index (χ0v) is 14.7. The Kier molecular flexibility index (Phi) is 7.44. The smallest absolute Gasteiger partial charge is 0.240 e. The fourth-order valence-corrected chi connectivity index (χ4v) is 2.44. The highest BCUT2D eigenvalue weighted by Gasteiger charge is 2.03. The molecule has 0 saturated heterocycles. The topological polar surface area (TPSA) is 50.7 Å². The molecule has 0 fully saturated rings. The number of rotatable bonds is 8. The third kappa shape index (κ3) is 6.63. The van der Waals surface area contributed by atoms with Crippen LogP contribution in [0.25, 0.3) is 6.08 Å². The predicted octanol–water partition coefficient (Wildman–Crippen LogP) is 4.14. The van der Waals surface area contributed by atoms with E-state index in [1.165, 1.54) is 11.1 Å². The van der Waals surface area contributed by atoms with Crippen molar-refractivity contribution in [3.05, 3.63) is 71.3 Å². The molecule has 4 nitrogen and oxygen atoms in total. The monoisotopic (exact) mass is 336 g/mol. The van der Waals surface area contributed by atoms with Gasteiger partial charge >= 0.3 is 0 Å². The highest BCUT2D eigenvalue weighted by Crippen LogP contribution is 2.18. The summed E-state index contributed by atoms with van der Waals surface area (Å²) in [5.74, 6) is 0.785. The van der Waals surface area contributed by atoms with E-state index in [9.17, 15) is 4.79 Å². The summed E-state index contributed by atoms with van der Waals surface area (Å²) in [5.41, 5.74) is 6.06. The molecular formula is C21H24N2O2. The van der Waals surface area contributed by atoms with Crippen LogP contribution >= 0.6 is 0 Å². The molecule has 130 valence electrons. The van der Waals surface area contributed by atoms with Crippen LogP contribution in [0.4, 0.5) is 0 Å². The largest absolute Gasteiger partial charge is 0.497 e. The Labute approximate surface area is 149 Å². The molecule has 0 aliphatic rings. The van der Waals surface area contributed by atoms with Gasteiger partial charge in [0.05, 0.1) is 7.11 Å². The number of hydrogen-bond acceptors (Lipinski definition) is 3. The van der Waals surface area contributed by atoms with Crippen molar-refractivity contribution >= 4 is 18.2 Å². The highest BCUT2D eigenvalue weighted by atomic mass is 16.5. The van der Waals surface area contributed by atoms with Gasteiger partial charge in [0.25, 0.3) is 0 Å². The van der Waals surface area contributed by atoms with Crippen LogP contribution in [0.3, 0.4) is 0 Å². The summed E-state index contributed by atoms with van der Waals surface area (Å²) in [6, 6.07) is 15.9. The van der Waals surface area contributed by atoms with E-state index in [4.69, 9.17) is 4.74 Å². The minimum atomic E-state index is -0.0736. The van der Waals surface area contributed by atoms with E-state index in [0.29, 0.717) is 6.42 Å². The van der Waals surface area contributed by atoms with E-state index in [2.05, 4.69) is 23.5 Å². The third-order valence-corrected chi connectivity index (χ3v) is 3.84. The van der Waals surface area contributed by atoms with Gasteiger partial charge in [0.2, 0.25) is 5.91 Å². The number of methoxy groups -OCH3 is 1. The van der Waals surface area contributed by atoms with Crippen molar-refractivity contribution in [1.29, 1.82) is 0 Å². The number of carbonyl (C=O) groups is 1. The molecule has 0 bridgehead atoms. The maximum Gasteiger partial charge on any atom is 0.240 e. The van der Waals surface area contributed by atoms with E-state index in [1.807, 2.05) is 48.5 Å². The van der Waals surface area contributed by atoms with E-state index in [1.54, 1.807) is 19.4 Å². The van der Waals surface area contributed by atoms with E-state index >= 15 is 0 Å². The van der Waals surface area contributed by atoms with Gasteiger partial charge in [0.15, 0.2) is 0 Å². The van der Waals surface area contributed by atoms with Gasteiger partial charge in [-0.05, 0) is 54.7 Å². The van der Waals surface area contributed by atoms with Crippen molar-refractivity contribution in [1.82, 2.24) is 5.43 Å². The number of carbonyl (C=O) groups excluding carboxylic acids is 1. The Morgan fingerprint density at radius 3 is 2.72 bits per heavy atom. The van der Waals surface area contributed by atoms with Crippen LogP contribution in [-0.2, 0) is 11.2 Å². The quantitative estimate of drug-likeness (QED) is 0.582. The second-order valence-electron chi connectivity index (χ2n) is 5.73. The van der Waals surface area contributed by atoms with Gasteiger partial charge in [0.1, 0.15) is 5.75 Å². The fourth-order valence-electron chi connectivity index (χ4n) is 2.44. The number of benzene rings is 2. The molecule has 1 N–H and O–H groups in total. The second kappa shape index (κ2) is 10.1. The molecule has 0 radical (unpaired) electrons. The SMILES string of the molecule is COc1ccc(CCCC(=O)N/N=C\C=C\c2ccccc2)c(C)c1. The van der Waals surface area contributed by atoms with Crippen LogP contribution in [0, 0.1) is 6.92 Å². The molecule has 2 aromatic rings. The average Bonchev–Trinajstić information content (AvgIpc) is 2.63. The first kappa shape index (κ1) is 18.5. The minimum absolute atomic E-state index is 0.0736. The summed E-state index contributed by atoms with van der Waals surface area (Å²) in [7, 11) is 1.66.